The summed E-state index contributed by atoms with van der Waals surface area (Å²) in [5, 5.41) is 10.5. The molecule has 5 fully saturated rings. The van der Waals surface area contributed by atoms with E-state index < -0.39 is 0 Å². The predicted molar refractivity (Wildman–Crippen MR) is 116 cm³/mol. The second kappa shape index (κ2) is 8.23. The van der Waals surface area contributed by atoms with Crippen molar-refractivity contribution in [2.24, 2.45) is 17.8 Å². The van der Waals surface area contributed by atoms with E-state index in [4.69, 9.17) is 4.74 Å². The number of ether oxygens (including phenoxy) is 1. The van der Waals surface area contributed by atoms with Crippen LogP contribution in [-0.2, 0) is 5.41 Å². The second-order valence-corrected chi connectivity index (χ2v) is 11.1. The van der Waals surface area contributed by atoms with Gasteiger partial charge >= 0.3 is 0 Å². The zero-order chi connectivity index (χ0) is 19.8. The minimum absolute atomic E-state index is 0.389. The van der Waals surface area contributed by atoms with Crippen molar-refractivity contribution in [1.29, 1.82) is 0 Å². The van der Waals surface area contributed by atoms with Gasteiger partial charge in [-0.2, -0.15) is 0 Å². The maximum absolute atomic E-state index is 10.5. The molecule has 1 aromatic rings. The molecule has 0 radical (unpaired) electrons. The van der Waals surface area contributed by atoms with Gasteiger partial charge in [-0.25, -0.2) is 0 Å². The van der Waals surface area contributed by atoms with E-state index in [9.17, 15) is 5.11 Å². The standard InChI is InChI=1S/C26H39NO2/c1-27(23-5-3-2-4-6-23)17-24(28)18-29-25-9-7-22(8-10-25)26-14-19-11-20(15-26)13-21(12-19)16-26/h7-10,19-21,23-24,28H,2-6,11-18H2,1H3/p+1/t19?,20?,21?,24-,26?/m1/s1. The molecule has 3 nitrogen and oxygen atoms in total. The molecule has 1 aromatic carbocycles. The summed E-state index contributed by atoms with van der Waals surface area (Å²) in [7, 11) is 2.24. The van der Waals surface area contributed by atoms with Crippen molar-refractivity contribution in [3.05, 3.63) is 29.8 Å². The van der Waals surface area contributed by atoms with Gasteiger partial charge in [-0.15, -0.1) is 0 Å². The summed E-state index contributed by atoms with van der Waals surface area (Å²) < 4.78 is 5.97. The lowest BCUT2D eigenvalue weighted by atomic mass is 9.48. The van der Waals surface area contributed by atoms with Gasteiger partial charge in [0.2, 0.25) is 0 Å². The summed E-state index contributed by atoms with van der Waals surface area (Å²) in [6.07, 6.45) is 15.0. The fourth-order valence-electron chi connectivity index (χ4n) is 7.75. The molecule has 0 heterocycles. The molecule has 0 saturated heterocycles. The molecular weight excluding hydrogens is 358 g/mol. The minimum atomic E-state index is -0.389. The number of aliphatic hydroxyl groups excluding tert-OH is 1. The minimum Gasteiger partial charge on any atom is -0.491 e. The zero-order valence-corrected chi connectivity index (χ0v) is 18.2. The normalized spacial score (nSPS) is 36.1. The highest BCUT2D eigenvalue weighted by Gasteiger charge is 2.51. The summed E-state index contributed by atoms with van der Waals surface area (Å²) >= 11 is 0. The lowest BCUT2D eigenvalue weighted by Crippen LogP contribution is -3.14. The number of likely N-dealkylation sites (N-methyl/N-ethyl adjacent to an activating group) is 1. The molecule has 5 aliphatic rings. The molecule has 5 aliphatic carbocycles. The summed E-state index contributed by atoms with van der Waals surface area (Å²) in [6, 6.07) is 9.68. The average molecular weight is 399 g/mol. The largest absolute Gasteiger partial charge is 0.491 e. The highest BCUT2D eigenvalue weighted by atomic mass is 16.5. The predicted octanol–water partition coefficient (Wildman–Crippen LogP) is 3.74. The topological polar surface area (TPSA) is 33.9 Å². The average Bonchev–Trinajstić information content (AvgIpc) is 2.72. The lowest BCUT2D eigenvalue weighted by molar-refractivity contribution is -0.910. The van der Waals surface area contributed by atoms with Crippen LogP contribution in [0.2, 0.25) is 0 Å². The van der Waals surface area contributed by atoms with E-state index in [-0.39, 0.29) is 6.10 Å². The Balaban J connectivity index is 1.14. The van der Waals surface area contributed by atoms with Crippen LogP contribution in [0.25, 0.3) is 0 Å². The number of aliphatic hydroxyl groups is 1. The SMILES string of the molecule is C[NH+](C[C@@H](O)COc1ccc(C23CC4CC(CC(C4)C2)C3)cc1)C1CCCCC1. The van der Waals surface area contributed by atoms with Crippen LogP contribution in [-0.4, -0.2) is 37.5 Å². The molecule has 3 heteroatoms. The Morgan fingerprint density at radius 1 is 0.966 bits per heavy atom. The van der Waals surface area contributed by atoms with Crippen LogP contribution < -0.4 is 9.64 Å². The first-order chi connectivity index (χ1) is 14.1. The van der Waals surface area contributed by atoms with Crippen molar-refractivity contribution in [1.82, 2.24) is 0 Å². The maximum atomic E-state index is 10.5. The fraction of sp³-hybridized carbons (Fsp3) is 0.769. The Morgan fingerprint density at radius 2 is 1.55 bits per heavy atom. The van der Waals surface area contributed by atoms with Crippen LogP contribution in [0.3, 0.4) is 0 Å². The molecule has 160 valence electrons. The first-order valence-electron chi connectivity index (χ1n) is 12.3. The van der Waals surface area contributed by atoms with E-state index in [0.29, 0.717) is 12.0 Å². The third-order valence-corrected chi connectivity index (χ3v) is 8.81. The van der Waals surface area contributed by atoms with Gasteiger partial charge < -0.3 is 14.7 Å². The van der Waals surface area contributed by atoms with Gasteiger partial charge in [-0.3, -0.25) is 0 Å². The highest BCUT2D eigenvalue weighted by Crippen LogP contribution is 2.60. The molecule has 6 rings (SSSR count). The molecule has 0 aliphatic heterocycles. The lowest BCUT2D eigenvalue weighted by Gasteiger charge is -2.57. The van der Waals surface area contributed by atoms with E-state index in [1.54, 1.807) is 5.56 Å². The number of benzene rings is 1. The molecule has 2 N–H and O–H groups in total. The molecule has 29 heavy (non-hydrogen) atoms. The quantitative estimate of drug-likeness (QED) is 0.734. The van der Waals surface area contributed by atoms with Crippen molar-refractivity contribution in [3.8, 4) is 5.75 Å². The van der Waals surface area contributed by atoms with Crippen molar-refractivity contribution in [2.75, 3.05) is 20.2 Å². The van der Waals surface area contributed by atoms with Crippen LogP contribution in [0.4, 0.5) is 0 Å². The molecule has 0 spiro atoms. The summed E-state index contributed by atoms with van der Waals surface area (Å²) in [5.41, 5.74) is 2.00. The van der Waals surface area contributed by atoms with Crippen molar-refractivity contribution in [2.45, 2.75) is 88.2 Å². The van der Waals surface area contributed by atoms with Crippen molar-refractivity contribution < 1.29 is 14.7 Å². The van der Waals surface area contributed by atoms with Gasteiger partial charge in [0.15, 0.2) is 0 Å². The molecule has 5 saturated carbocycles. The number of hydrogen-bond acceptors (Lipinski definition) is 2. The van der Waals surface area contributed by atoms with Crippen molar-refractivity contribution in [3.63, 3.8) is 0 Å². The van der Waals surface area contributed by atoms with Gasteiger partial charge in [-0.05, 0) is 105 Å². The molecule has 4 bridgehead atoms. The van der Waals surface area contributed by atoms with Crippen LogP contribution in [0.5, 0.6) is 5.75 Å². The number of quaternary nitrogens is 1. The first kappa shape index (κ1) is 19.9. The third kappa shape index (κ3) is 4.23. The molecule has 0 amide bonds. The van der Waals surface area contributed by atoms with Gasteiger partial charge in [0.1, 0.15) is 25.0 Å². The highest BCUT2D eigenvalue weighted by molar-refractivity contribution is 5.34. The Hall–Kier alpha value is -1.06. The van der Waals surface area contributed by atoms with E-state index in [2.05, 4.69) is 31.3 Å². The van der Waals surface area contributed by atoms with Gasteiger partial charge in [0.25, 0.3) is 0 Å². The van der Waals surface area contributed by atoms with Crippen LogP contribution in [0, 0.1) is 17.8 Å². The zero-order valence-electron chi connectivity index (χ0n) is 18.2. The Labute approximate surface area is 176 Å². The van der Waals surface area contributed by atoms with E-state index >= 15 is 0 Å². The van der Waals surface area contributed by atoms with Crippen LogP contribution in [0.1, 0.15) is 76.2 Å². The second-order valence-electron chi connectivity index (χ2n) is 11.1. The molecule has 0 aromatic heterocycles. The summed E-state index contributed by atoms with van der Waals surface area (Å²) in [4.78, 5) is 1.47. The Bertz CT molecular complexity index is 643. The smallest absolute Gasteiger partial charge is 0.137 e. The molecule has 1 unspecified atom stereocenters. The van der Waals surface area contributed by atoms with Crippen molar-refractivity contribution >= 4 is 0 Å². The van der Waals surface area contributed by atoms with E-state index in [1.165, 1.54) is 75.5 Å². The van der Waals surface area contributed by atoms with E-state index in [1.807, 2.05) is 0 Å². The Morgan fingerprint density at radius 3 is 2.14 bits per heavy atom. The number of rotatable bonds is 7. The number of hydrogen-bond donors (Lipinski definition) is 2. The Kier molecular flexibility index (Phi) is 5.64. The van der Waals surface area contributed by atoms with Gasteiger partial charge in [-0.1, -0.05) is 18.6 Å². The molecular formula is C26H40NO2+. The monoisotopic (exact) mass is 398 g/mol. The van der Waals surface area contributed by atoms with E-state index in [0.717, 1.165) is 36.1 Å². The van der Waals surface area contributed by atoms with Gasteiger partial charge in [0.05, 0.1) is 13.1 Å². The summed E-state index contributed by atoms with van der Waals surface area (Å²) in [5.74, 6) is 3.86. The maximum Gasteiger partial charge on any atom is 0.137 e. The fourth-order valence-corrected chi connectivity index (χ4v) is 7.75. The molecule has 2 atom stereocenters. The first-order valence-corrected chi connectivity index (χ1v) is 12.3. The van der Waals surface area contributed by atoms with Crippen LogP contribution >= 0.6 is 0 Å². The van der Waals surface area contributed by atoms with Gasteiger partial charge in [0, 0.05) is 0 Å². The summed E-state index contributed by atoms with van der Waals surface area (Å²) in [6.45, 7) is 1.19. The number of nitrogens with one attached hydrogen (secondary N) is 1. The third-order valence-electron chi connectivity index (χ3n) is 8.81. The van der Waals surface area contributed by atoms with Crippen LogP contribution in [0.15, 0.2) is 24.3 Å².